The van der Waals surface area contributed by atoms with Crippen LogP contribution in [0.15, 0.2) is 18.2 Å². The van der Waals surface area contributed by atoms with Crippen molar-refractivity contribution in [2.75, 3.05) is 6.61 Å². The first-order chi connectivity index (χ1) is 9.69. The Balaban J connectivity index is 3.07. The van der Waals surface area contributed by atoms with Gasteiger partial charge in [-0.2, -0.15) is 0 Å². The average Bonchev–Trinajstić information content (AvgIpc) is 2.37. The second kappa shape index (κ2) is 6.34. The molecule has 0 saturated heterocycles. The van der Waals surface area contributed by atoms with Crippen LogP contribution in [0.1, 0.15) is 36.7 Å². The zero-order chi connectivity index (χ0) is 16.2. The number of hydrogen-bond acceptors (Lipinski definition) is 5. The minimum atomic E-state index is -1.27. The molecule has 21 heavy (non-hydrogen) atoms. The minimum absolute atomic E-state index is 0.0858. The summed E-state index contributed by atoms with van der Waals surface area (Å²) in [6.45, 7) is 6.51. The summed E-state index contributed by atoms with van der Waals surface area (Å²) in [5.41, 5.74) is -0.958. The summed E-state index contributed by atoms with van der Waals surface area (Å²) in [6.07, 6.45) is 0. The topological polar surface area (TPSA) is 98.5 Å². The molecule has 1 N–H and O–H groups in total. The van der Waals surface area contributed by atoms with Crippen LogP contribution in [0, 0.1) is 17.0 Å². The zero-order valence-electron chi connectivity index (χ0n) is 12.4. The van der Waals surface area contributed by atoms with Crippen LogP contribution < -0.4 is 5.32 Å². The van der Waals surface area contributed by atoms with E-state index < -0.39 is 22.3 Å². The van der Waals surface area contributed by atoms with Crippen LogP contribution in [0.3, 0.4) is 0 Å². The Labute approximate surface area is 122 Å². The second-order valence-electron chi connectivity index (χ2n) is 5.08. The van der Waals surface area contributed by atoms with E-state index in [0.29, 0.717) is 5.56 Å². The number of nitro groups is 1. The largest absolute Gasteiger partial charge is 0.464 e. The summed E-state index contributed by atoms with van der Waals surface area (Å²) in [5, 5.41) is 13.4. The fourth-order valence-electron chi connectivity index (χ4n) is 1.70. The molecule has 1 aromatic carbocycles. The molecule has 0 fully saturated rings. The Kier molecular flexibility index (Phi) is 5.02. The molecule has 0 unspecified atom stereocenters. The number of carbonyl (C=O) groups excluding carboxylic acids is 2. The molecule has 0 aromatic heterocycles. The van der Waals surface area contributed by atoms with Crippen LogP contribution >= 0.6 is 0 Å². The number of nitro benzene ring substituents is 1. The van der Waals surface area contributed by atoms with E-state index in [4.69, 9.17) is 4.74 Å². The standard InChI is InChI=1S/C14H18N2O5/c1-5-21-13(18)14(3,4)15-12(17)10-8-9(2)6-7-11(10)16(19)20/h6-8H,5H2,1-4H3,(H,15,17). The van der Waals surface area contributed by atoms with Crippen molar-refractivity contribution in [3.05, 3.63) is 39.4 Å². The van der Waals surface area contributed by atoms with Crippen molar-refractivity contribution in [1.82, 2.24) is 5.32 Å². The number of benzene rings is 1. The summed E-state index contributed by atoms with van der Waals surface area (Å²) >= 11 is 0. The smallest absolute Gasteiger partial charge is 0.331 e. The quantitative estimate of drug-likeness (QED) is 0.508. The van der Waals surface area contributed by atoms with Crippen LogP contribution in [-0.2, 0) is 9.53 Å². The third-order valence-corrected chi connectivity index (χ3v) is 2.81. The molecule has 0 atom stereocenters. The van der Waals surface area contributed by atoms with E-state index in [-0.39, 0.29) is 17.9 Å². The van der Waals surface area contributed by atoms with E-state index in [1.54, 1.807) is 19.9 Å². The van der Waals surface area contributed by atoms with Crippen molar-refractivity contribution in [3.63, 3.8) is 0 Å². The number of hydrogen-bond donors (Lipinski definition) is 1. The lowest BCUT2D eigenvalue weighted by Crippen LogP contribution is -2.50. The summed E-state index contributed by atoms with van der Waals surface area (Å²) in [4.78, 5) is 34.3. The van der Waals surface area contributed by atoms with Gasteiger partial charge in [0.2, 0.25) is 0 Å². The molecule has 7 heteroatoms. The van der Waals surface area contributed by atoms with Crippen LogP contribution in [0.5, 0.6) is 0 Å². The van der Waals surface area contributed by atoms with E-state index in [9.17, 15) is 19.7 Å². The molecule has 0 heterocycles. The van der Waals surface area contributed by atoms with Crippen LogP contribution in [0.2, 0.25) is 0 Å². The number of ether oxygens (including phenoxy) is 1. The highest BCUT2D eigenvalue weighted by Crippen LogP contribution is 2.20. The van der Waals surface area contributed by atoms with E-state index in [0.717, 1.165) is 0 Å². The fraction of sp³-hybridized carbons (Fsp3) is 0.429. The Bertz CT molecular complexity index is 581. The predicted molar refractivity (Wildman–Crippen MR) is 76.0 cm³/mol. The van der Waals surface area contributed by atoms with Crippen molar-refractivity contribution in [2.45, 2.75) is 33.2 Å². The third-order valence-electron chi connectivity index (χ3n) is 2.81. The van der Waals surface area contributed by atoms with Gasteiger partial charge in [0.15, 0.2) is 0 Å². The molecule has 1 aromatic rings. The third kappa shape index (κ3) is 4.01. The van der Waals surface area contributed by atoms with Crippen LogP contribution in [0.4, 0.5) is 5.69 Å². The molecule has 0 aliphatic carbocycles. The maximum absolute atomic E-state index is 12.2. The zero-order valence-corrected chi connectivity index (χ0v) is 12.4. The van der Waals surface area contributed by atoms with Gasteiger partial charge in [-0.15, -0.1) is 0 Å². The maximum Gasteiger partial charge on any atom is 0.331 e. The summed E-state index contributed by atoms with van der Waals surface area (Å²) in [6, 6.07) is 4.22. The van der Waals surface area contributed by atoms with Crippen molar-refractivity contribution in [3.8, 4) is 0 Å². The van der Waals surface area contributed by atoms with Gasteiger partial charge in [-0.25, -0.2) is 4.79 Å². The lowest BCUT2D eigenvalue weighted by Gasteiger charge is -2.23. The number of aryl methyl sites for hydroxylation is 1. The maximum atomic E-state index is 12.2. The van der Waals surface area contributed by atoms with Crippen LogP contribution in [-0.4, -0.2) is 28.9 Å². The molecule has 0 saturated carbocycles. The second-order valence-corrected chi connectivity index (χ2v) is 5.08. The molecule has 0 radical (unpaired) electrons. The Hall–Kier alpha value is -2.44. The first kappa shape index (κ1) is 16.6. The Morgan fingerprint density at radius 1 is 1.38 bits per heavy atom. The predicted octanol–water partition coefficient (Wildman–Crippen LogP) is 1.97. The van der Waals surface area contributed by atoms with Gasteiger partial charge in [-0.3, -0.25) is 14.9 Å². The summed E-state index contributed by atoms with van der Waals surface area (Å²) < 4.78 is 4.86. The molecule has 0 bridgehead atoms. The monoisotopic (exact) mass is 294 g/mol. The average molecular weight is 294 g/mol. The SMILES string of the molecule is CCOC(=O)C(C)(C)NC(=O)c1cc(C)ccc1[N+](=O)[O-]. The molecule has 0 spiro atoms. The Morgan fingerprint density at radius 2 is 2.00 bits per heavy atom. The van der Waals surface area contributed by atoms with Crippen molar-refractivity contribution in [2.24, 2.45) is 0 Å². The number of amides is 1. The van der Waals surface area contributed by atoms with Gasteiger partial charge in [-0.05, 0) is 39.3 Å². The number of carbonyl (C=O) groups is 2. The number of nitrogens with zero attached hydrogens (tertiary/aromatic N) is 1. The number of esters is 1. The van der Waals surface area contributed by atoms with Gasteiger partial charge < -0.3 is 10.1 Å². The highest BCUT2D eigenvalue weighted by Gasteiger charge is 2.33. The van der Waals surface area contributed by atoms with Crippen molar-refractivity contribution >= 4 is 17.6 Å². The van der Waals surface area contributed by atoms with Crippen molar-refractivity contribution < 1.29 is 19.2 Å². The highest BCUT2D eigenvalue weighted by molar-refractivity contribution is 6.01. The highest BCUT2D eigenvalue weighted by atomic mass is 16.6. The fourth-order valence-corrected chi connectivity index (χ4v) is 1.70. The summed E-state index contributed by atoms with van der Waals surface area (Å²) in [5.74, 6) is -1.29. The molecule has 1 rings (SSSR count). The first-order valence-corrected chi connectivity index (χ1v) is 6.43. The van der Waals surface area contributed by atoms with Gasteiger partial charge in [0, 0.05) is 6.07 Å². The normalized spacial score (nSPS) is 10.9. The molecule has 7 nitrogen and oxygen atoms in total. The Morgan fingerprint density at radius 3 is 2.52 bits per heavy atom. The lowest BCUT2D eigenvalue weighted by molar-refractivity contribution is -0.385. The van der Waals surface area contributed by atoms with E-state index in [2.05, 4.69) is 5.32 Å². The van der Waals surface area contributed by atoms with E-state index in [1.165, 1.54) is 26.0 Å². The molecule has 0 aliphatic heterocycles. The number of nitrogens with one attached hydrogen (secondary N) is 1. The van der Waals surface area contributed by atoms with Gasteiger partial charge in [-0.1, -0.05) is 6.07 Å². The van der Waals surface area contributed by atoms with Gasteiger partial charge in [0.1, 0.15) is 11.1 Å². The van der Waals surface area contributed by atoms with Crippen molar-refractivity contribution in [1.29, 1.82) is 0 Å². The van der Waals surface area contributed by atoms with Gasteiger partial charge >= 0.3 is 5.97 Å². The minimum Gasteiger partial charge on any atom is -0.464 e. The van der Waals surface area contributed by atoms with E-state index in [1.807, 2.05) is 0 Å². The molecule has 0 aliphatic rings. The molecular formula is C14H18N2O5. The van der Waals surface area contributed by atoms with Crippen LogP contribution in [0.25, 0.3) is 0 Å². The number of rotatable bonds is 5. The summed E-state index contributed by atoms with van der Waals surface area (Å²) in [7, 11) is 0. The van der Waals surface area contributed by atoms with E-state index >= 15 is 0 Å². The molecule has 1 amide bonds. The van der Waals surface area contributed by atoms with Gasteiger partial charge in [0.05, 0.1) is 11.5 Å². The molecule has 114 valence electrons. The van der Waals surface area contributed by atoms with Gasteiger partial charge in [0.25, 0.3) is 11.6 Å². The first-order valence-electron chi connectivity index (χ1n) is 6.43. The lowest BCUT2D eigenvalue weighted by atomic mass is 10.0. The molecular weight excluding hydrogens is 276 g/mol.